The Kier molecular flexibility index (Phi) is 5.00. The van der Waals surface area contributed by atoms with Gasteiger partial charge < -0.3 is 0 Å². The minimum atomic E-state index is 1.23. The van der Waals surface area contributed by atoms with Crippen LogP contribution in [0.25, 0.3) is 86.9 Å². The van der Waals surface area contributed by atoms with E-state index >= 15 is 0 Å². The van der Waals surface area contributed by atoms with Crippen molar-refractivity contribution in [1.29, 1.82) is 0 Å². The van der Waals surface area contributed by atoms with Gasteiger partial charge in [-0.25, -0.2) is 0 Å². The molecule has 0 heterocycles. The van der Waals surface area contributed by atoms with Crippen LogP contribution < -0.4 is 0 Å². The lowest BCUT2D eigenvalue weighted by atomic mass is 9.93. The van der Waals surface area contributed by atoms with Crippen molar-refractivity contribution in [2.75, 3.05) is 0 Å². The van der Waals surface area contributed by atoms with Crippen LogP contribution in [0.15, 0.2) is 158 Å². The Hall–Kier alpha value is -5.46. The Labute approximate surface area is 244 Å². The van der Waals surface area contributed by atoms with Gasteiger partial charge in [-0.3, -0.25) is 0 Å². The fraction of sp³-hybridized carbons (Fsp3) is 0. The molecule has 9 aromatic carbocycles. The topological polar surface area (TPSA) is 0 Å². The maximum atomic E-state index is 2.33. The first-order chi connectivity index (χ1) is 20.8. The van der Waals surface area contributed by atoms with Gasteiger partial charge in [0.2, 0.25) is 0 Å². The summed E-state index contributed by atoms with van der Waals surface area (Å²) in [6, 6.07) is 58.1. The van der Waals surface area contributed by atoms with Crippen LogP contribution in [0.3, 0.4) is 0 Å². The quantitative estimate of drug-likeness (QED) is 0.195. The fourth-order valence-corrected chi connectivity index (χ4v) is 6.89. The molecular formula is C42H26. The third kappa shape index (κ3) is 3.56. The van der Waals surface area contributed by atoms with Crippen molar-refractivity contribution in [3.8, 4) is 22.3 Å². The second-order valence-corrected chi connectivity index (χ2v) is 11.3. The smallest absolute Gasteiger partial charge is 0.00268 e. The monoisotopic (exact) mass is 530 g/mol. The van der Waals surface area contributed by atoms with E-state index in [0.717, 1.165) is 0 Å². The maximum Gasteiger partial charge on any atom is -0.00268 e. The molecule has 0 aliphatic rings. The predicted octanol–water partition coefficient (Wildman–Crippen LogP) is 11.9. The van der Waals surface area contributed by atoms with Gasteiger partial charge in [0, 0.05) is 0 Å². The van der Waals surface area contributed by atoms with E-state index in [2.05, 4.69) is 158 Å². The number of benzene rings is 9. The third-order valence-electron chi connectivity index (χ3n) is 9.00. The summed E-state index contributed by atoms with van der Waals surface area (Å²) in [5, 5.41) is 15.6. The molecule has 9 rings (SSSR count). The number of rotatable bonds is 2. The molecule has 0 radical (unpaired) electrons. The van der Waals surface area contributed by atoms with Crippen molar-refractivity contribution >= 4 is 64.6 Å². The van der Waals surface area contributed by atoms with Crippen LogP contribution in [-0.2, 0) is 0 Å². The molecule has 0 amide bonds. The highest BCUT2D eigenvalue weighted by atomic mass is 14.1. The zero-order valence-corrected chi connectivity index (χ0v) is 23.0. The Morgan fingerprint density at radius 1 is 0.214 bits per heavy atom. The first-order valence-electron chi connectivity index (χ1n) is 14.6. The molecule has 0 unspecified atom stereocenters. The molecule has 0 bridgehead atoms. The molecule has 0 spiro atoms. The standard InChI is InChI=1S/C42H26/c1-3-7-37-29(5-1)13-15-31-17-19-35-25-33(21-23-39(35)41(31)37)27-9-11-28(12-10-27)34-22-24-40-36(26-34)20-18-32-16-14-30-6-2-4-8-38(30)42(32)40/h1-26H. The van der Waals surface area contributed by atoms with Gasteiger partial charge >= 0.3 is 0 Å². The maximum absolute atomic E-state index is 2.33. The Morgan fingerprint density at radius 3 is 1.00 bits per heavy atom. The van der Waals surface area contributed by atoms with E-state index in [9.17, 15) is 0 Å². The lowest BCUT2D eigenvalue weighted by Gasteiger charge is -2.11. The predicted molar refractivity (Wildman–Crippen MR) is 182 cm³/mol. The fourth-order valence-electron chi connectivity index (χ4n) is 6.89. The summed E-state index contributed by atoms with van der Waals surface area (Å²) in [7, 11) is 0. The van der Waals surface area contributed by atoms with Gasteiger partial charge in [0.1, 0.15) is 0 Å². The normalized spacial score (nSPS) is 11.8. The highest BCUT2D eigenvalue weighted by Crippen LogP contribution is 2.36. The zero-order valence-electron chi connectivity index (χ0n) is 23.0. The third-order valence-corrected chi connectivity index (χ3v) is 9.00. The molecule has 0 saturated carbocycles. The molecule has 0 saturated heterocycles. The molecule has 0 aromatic heterocycles. The second kappa shape index (κ2) is 9.03. The summed E-state index contributed by atoms with van der Waals surface area (Å²) in [5.74, 6) is 0. The SMILES string of the molecule is c1ccc2c(c1)ccc1ccc3cc(-c4ccc(-c5ccc6c(ccc7ccc8ccccc8c76)c5)cc4)ccc3c12. The zero-order chi connectivity index (χ0) is 27.6. The van der Waals surface area contributed by atoms with Gasteiger partial charge in [-0.15, -0.1) is 0 Å². The summed E-state index contributed by atoms with van der Waals surface area (Å²) in [6.07, 6.45) is 0. The second-order valence-electron chi connectivity index (χ2n) is 11.3. The van der Waals surface area contributed by atoms with Crippen molar-refractivity contribution in [2.24, 2.45) is 0 Å². The molecule has 0 atom stereocenters. The molecular weight excluding hydrogens is 504 g/mol. The van der Waals surface area contributed by atoms with Crippen molar-refractivity contribution in [2.45, 2.75) is 0 Å². The summed E-state index contributed by atoms with van der Waals surface area (Å²) >= 11 is 0. The van der Waals surface area contributed by atoms with Crippen LogP contribution >= 0.6 is 0 Å². The molecule has 194 valence electrons. The summed E-state index contributed by atoms with van der Waals surface area (Å²) < 4.78 is 0. The number of hydrogen-bond donors (Lipinski definition) is 0. The first-order valence-corrected chi connectivity index (χ1v) is 14.6. The van der Waals surface area contributed by atoms with E-state index in [1.165, 1.54) is 86.9 Å². The van der Waals surface area contributed by atoms with Crippen molar-refractivity contribution in [3.63, 3.8) is 0 Å². The van der Waals surface area contributed by atoms with Crippen LogP contribution in [-0.4, -0.2) is 0 Å². The molecule has 0 aliphatic heterocycles. The van der Waals surface area contributed by atoms with Crippen LogP contribution in [0.4, 0.5) is 0 Å². The minimum Gasteiger partial charge on any atom is -0.0616 e. The molecule has 0 nitrogen and oxygen atoms in total. The molecule has 42 heavy (non-hydrogen) atoms. The first kappa shape index (κ1) is 23.3. The van der Waals surface area contributed by atoms with Gasteiger partial charge in [-0.05, 0) is 99.0 Å². The van der Waals surface area contributed by atoms with Crippen molar-refractivity contribution in [1.82, 2.24) is 0 Å². The number of hydrogen-bond acceptors (Lipinski definition) is 0. The molecule has 9 aromatic rings. The van der Waals surface area contributed by atoms with Crippen molar-refractivity contribution in [3.05, 3.63) is 158 Å². The van der Waals surface area contributed by atoms with E-state index in [-0.39, 0.29) is 0 Å². The lowest BCUT2D eigenvalue weighted by molar-refractivity contribution is 1.62. The van der Waals surface area contributed by atoms with Gasteiger partial charge in [0.25, 0.3) is 0 Å². The molecule has 0 heteroatoms. The molecule has 0 fully saturated rings. The summed E-state index contributed by atoms with van der Waals surface area (Å²) in [5.41, 5.74) is 4.95. The summed E-state index contributed by atoms with van der Waals surface area (Å²) in [6.45, 7) is 0. The van der Waals surface area contributed by atoms with Gasteiger partial charge in [-0.2, -0.15) is 0 Å². The average molecular weight is 531 g/mol. The highest BCUT2D eigenvalue weighted by Gasteiger charge is 2.09. The van der Waals surface area contributed by atoms with E-state index in [0.29, 0.717) is 0 Å². The Morgan fingerprint density at radius 2 is 0.548 bits per heavy atom. The minimum absolute atomic E-state index is 1.23. The van der Waals surface area contributed by atoms with Crippen molar-refractivity contribution < 1.29 is 0 Å². The van der Waals surface area contributed by atoms with Gasteiger partial charge in [-0.1, -0.05) is 146 Å². The highest BCUT2D eigenvalue weighted by molar-refractivity contribution is 6.21. The largest absolute Gasteiger partial charge is 0.0616 e. The van der Waals surface area contributed by atoms with Gasteiger partial charge in [0.15, 0.2) is 0 Å². The van der Waals surface area contributed by atoms with Crippen LogP contribution in [0.2, 0.25) is 0 Å². The van der Waals surface area contributed by atoms with E-state index in [1.54, 1.807) is 0 Å². The Balaban J connectivity index is 1.11. The lowest BCUT2D eigenvalue weighted by Crippen LogP contribution is -1.85. The van der Waals surface area contributed by atoms with Gasteiger partial charge in [0.05, 0.1) is 0 Å². The molecule has 0 N–H and O–H groups in total. The van der Waals surface area contributed by atoms with Crippen LogP contribution in [0, 0.1) is 0 Å². The van der Waals surface area contributed by atoms with Crippen LogP contribution in [0.5, 0.6) is 0 Å². The Bertz CT molecular complexity index is 2320. The van der Waals surface area contributed by atoms with E-state index in [1.807, 2.05) is 0 Å². The average Bonchev–Trinajstić information content (AvgIpc) is 3.07. The van der Waals surface area contributed by atoms with E-state index in [4.69, 9.17) is 0 Å². The molecule has 0 aliphatic carbocycles. The van der Waals surface area contributed by atoms with Crippen LogP contribution in [0.1, 0.15) is 0 Å². The summed E-state index contributed by atoms with van der Waals surface area (Å²) in [4.78, 5) is 0. The number of fused-ring (bicyclic) bond motifs is 10. The van der Waals surface area contributed by atoms with E-state index < -0.39 is 0 Å².